The van der Waals surface area contributed by atoms with Crippen molar-refractivity contribution in [2.75, 3.05) is 16.4 Å². The van der Waals surface area contributed by atoms with Gasteiger partial charge in [0.25, 0.3) is 0 Å². The molecule has 0 fully saturated rings. The normalized spacial score (nSPS) is 10.4. The van der Waals surface area contributed by atoms with Gasteiger partial charge in [0.05, 0.1) is 0 Å². The number of nitrogen functional groups attached to an aromatic ring is 1. The molecule has 0 aliphatic rings. The van der Waals surface area contributed by atoms with Crippen molar-refractivity contribution in [1.82, 2.24) is 15.0 Å². The molecule has 0 spiro atoms. The SMILES string of the molecule is Cc1ccc(CNc2ncnc(Nc3ccc(C)cn3)c2N)cc1. The second-order valence-electron chi connectivity index (χ2n) is 5.67. The lowest BCUT2D eigenvalue weighted by atomic mass is 10.1. The molecular formula is C18H20N6. The number of rotatable bonds is 5. The van der Waals surface area contributed by atoms with Crippen molar-refractivity contribution in [3.63, 3.8) is 0 Å². The summed E-state index contributed by atoms with van der Waals surface area (Å²) in [5.41, 5.74) is 10.1. The Kier molecular flexibility index (Phi) is 4.56. The van der Waals surface area contributed by atoms with Crippen LogP contribution < -0.4 is 16.4 Å². The van der Waals surface area contributed by atoms with Gasteiger partial charge in [0.2, 0.25) is 0 Å². The first kappa shape index (κ1) is 15.7. The minimum atomic E-state index is 0.465. The molecule has 24 heavy (non-hydrogen) atoms. The van der Waals surface area contributed by atoms with Crippen molar-refractivity contribution in [3.8, 4) is 0 Å². The monoisotopic (exact) mass is 320 g/mol. The summed E-state index contributed by atoms with van der Waals surface area (Å²) < 4.78 is 0. The van der Waals surface area contributed by atoms with Crippen LogP contribution in [0, 0.1) is 13.8 Å². The molecular weight excluding hydrogens is 300 g/mol. The average Bonchev–Trinajstić information content (AvgIpc) is 2.59. The number of hydrogen-bond donors (Lipinski definition) is 3. The predicted octanol–water partition coefficient (Wildman–Crippen LogP) is 3.43. The molecule has 0 aliphatic carbocycles. The number of benzene rings is 1. The van der Waals surface area contributed by atoms with Crippen molar-refractivity contribution in [2.45, 2.75) is 20.4 Å². The van der Waals surface area contributed by atoms with E-state index in [9.17, 15) is 0 Å². The van der Waals surface area contributed by atoms with Gasteiger partial charge in [-0.2, -0.15) is 0 Å². The Morgan fingerprint density at radius 2 is 1.58 bits per heavy atom. The van der Waals surface area contributed by atoms with Gasteiger partial charge >= 0.3 is 0 Å². The van der Waals surface area contributed by atoms with E-state index in [1.807, 2.05) is 19.1 Å². The number of nitrogens with one attached hydrogen (secondary N) is 2. The highest BCUT2D eigenvalue weighted by Gasteiger charge is 2.08. The van der Waals surface area contributed by atoms with Crippen molar-refractivity contribution >= 4 is 23.1 Å². The Morgan fingerprint density at radius 1 is 0.875 bits per heavy atom. The van der Waals surface area contributed by atoms with E-state index >= 15 is 0 Å². The van der Waals surface area contributed by atoms with E-state index in [4.69, 9.17) is 5.73 Å². The van der Waals surface area contributed by atoms with E-state index in [2.05, 4.69) is 56.8 Å². The van der Waals surface area contributed by atoms with Crippen LogP contribution in [0.5, 0.6) is 0 Å². The van der Waals surface area contributed by atoms with Crippen LogP contribution in [0.1, 0.15) is 16.7 Å². The summed E-state index contributed by atoms with van der Waals surface area (Å²) in [5, 5.41) is 6.37. The van der Waals surface area contributed by atoms with Gasteiger partial charge < -0.3 is 16.4 Å². The van der Waals surface area contributed by atoms with Gasteiger partial charge in [0.15, 0.2) is 11.6 Å². The molecule has 0 saturated carbocycles. The molecule has 0 saturated heterocycles. The summed E-state index contributed by atoms with van der Waals surface area (Å²) in [7, 11) is 0. The Labute approximate surface area is 141 Å². The largest absolute Gasteiger partial charge is 0.393 e. The van der Waals surface area contributed by atoms with Crippen LogP contribution in [0.25, 0.3) is 0 Å². The summed E-state index contributed by atoms with van der Waals surface area (Å²) in [6.45, 7) is 4.70. The molecule has 0 aliphatic heterocycles. The lowest BCUT2D eigenvalue weighted by Crippen LogP contribution is -2.08. The van der Waals surface area contributed by atoms with Crippen molar-refractivity contribution in [2.24, 2.45) is 0 Å². The van der Waals surface area contributed by atoms with Crippen molar-refractivity contribution in [3.05, 3.63) is 65.6 Å². The van der Waals surface area contributed by atoms with E-state index in [1.54, 1.807) is 6.20 Å². The minimum Gasteiger partial charge on any atom is -0.393 e. The van der Waals surface area contributed by atoms with E-state index in [1.165, 1.54) is 11.9 Å². The number of anilines is 4. The average molecular weight is 320 g/mol. The van der Waals surface area contributed by atoms with Crippen LogP contribution in [0.2, 0.25) is 0 Å². The Bertz CT molecular complexity index is 812. The molecule has 0 amide bonds. The second-order valence-corrected chi connectivity index (χ2v) is 5.67. The number of aromatic nitrogens is 3. The van der Waals surface area contributed by atoms with Gasteiger partial charge in [-0.3, -0.25) is 0 Å². The Balaban J connectivity index is 1.72. The maximum Gasteiger partial charge on any atom is 0.160 e. The zero-order valence-corrected chi connectivity index (χ0v) is 13.7. The highest BCUT2D eigenvalue weighted by Crippen LogP contribution is 2.25. The molecule has 3 rings (SSSR count). The van der Waals surface area contributed by atoms with E-state index in [0.29, 0.717) is 29.7 Å². The van der Waals surface area contributed by atoms with E-state index < -0.39 is 0 Å². The molecule has 2 aromatic heterocycles. The molecule has 0 bridgehead atoms. The van der Waals surface area contributed by atoms with Crippen molar-refractivity contribution in [1.29, 1.82) is 0 Å². The van der Waals surface area contributed by atoms with Crippen LogP contribution >= 0.6 is 0 Å². The first-order chi connectivity index (χ1) is 11.6. The van der Waals surface area contributed by atoms with Crippen LogP contribution in [0.4, 0.5) is 23.1 Å². The lowest BCUT2D eigenvalue weighted by molar-refractivity contribution is 1.08. The van der Waals surface area contributed by atoms with Gasteiger partial charge in [-0.15, -0.1) is 0 Å². The second kappa shape index (κ2) is 6.95. The maximum atomic E-state index is 6.17. The smallest absolute Gasteiger partial charge is 0.160 e. The van der Waals surface area contributed by atoms with Crippen LogP contribution in [0.15, 0.2) is 48.9 Å². The van der Waals surface area contributed by atoms with Gasteiger partial charge in [-0.05, 0) is 31.0 Å². The van der Waals surface area contributed by atoms with E-state index in [-0.39, 0.29) is 0 Å². The maximum absolute atomic E-state index is 6.17. The molecule has 6 nitrogen and oxygen atoms in total. The Morgan fingerprint density at radius 3 is 2.29 bits per heavy atom. The number of pyridine rings is 1. The molecule has 1 aromatic carbocycles. The van der Waals surface area contributed by atoms with Gasteiger partial charge in [-0.25, -0.2) is 15.0 Å². The molecule has 6 heteroatoms. The van der Waals surface area contributed by atoms with Gasteiger partial charge in [0, 0.05) is 12.7 Å². The third-order valence-electron chi connectivity index (χ3n) is 3.62. The standard InChI is InChI=1S/C18H20N6/c1-12-3-6-14(7-4-12)10-21-17-16(19)18(23-11-22-17)24-15-8-5-13(2)9-20-15/h3-9,11H,10,19H2,1-2H3,(H2,20,21,22,23,24). The summed E-state index contributed by atoms with van der Waals surface area (Å²) in [6.07, 6.45) is 3.26. The number of aryl methyl sites for hydroxylation is 2. The Hall–Kier alpha value is -3.15. The topological polar surface area (TPSA) is 88.8 Å². The van der Waals surface area contributed by atoms with Crippen LogP contribution in [-0.4, -0.2) is 15.0 Å². The number of nitrogens with zero attached hydrogens (tertiary/aromatic N) is 3. The predicted molar refractivity (Wildman–Crippen MR) is 97.2 cm³/mol. The third-order valence-corrected chi connectivity index (χ3v) is 3.62. The highest BCUT2D eigenvalue weighted by atomic mass is 15.1. The van der Waals surface area contributed by atoms with Crippen molar-refractivity contribution < 1.29 is 0 Å². The lowest BCUT2D eigenvalue weighted by Gasteiger charge is -2.12. The molecule has 3 aromatic rings. The molecule has 2 heterocycles. The van der Waals surface area contributed by atoms with Crippen LogP contribution in [0.3, 0.4) is 0 Å². The van der Waals surface area contributed by atoms with Gasteiger partial charge in [-0.1, -0.05) is 35.9 Å². The molecule has 4 N–H and O–H groups in total. The summed E-state index contributed by atoms with van der Waals surface area (Å²) in [5.74, 6) is 1.82. The zero-order valence-electron chi connectivity index (χ0n) is 13.7. The van der Waals surface area contributed by atoms with Crippen LogP contribution in [-0.2, 0) is 6.54 Å². The summed E-state index contributed by atoms with van der Waals surface area (Å²) in [6, 6.07) is 12.2. The fraction of sp³-hybridized carbons (Fsp3) is 0.167. The molecule has 122 valence electrons. The number of hydrogen-bond acceptors (Lipinski definition) is 6. The molecule has 0 atom stereocenters. The fourth-order valence-corrected chi connectivity index (χ4v) is 2.19. The van der Waals surface area contributed by atoms with E-state index in [0.717, 1.165) is 11.1 Å². The number of nitrogens with two attached hydrogens (primary N) is 1. The summed E-state index contributed by atoms with van der Waals surface area (Å²) in [4.78, 5) is 12.7. The third kappa shape index (κ3) is 3.78. The molecule has 0 unspecified atom stereocenters. The molecule has 0 radical (unpaired) electrons. The first-order valence-electron chi connectivity index (χ1n) is 7.71. The quantitative estimate of drug-likeness (QED) is 0.667. The minimum absolute atomic E-state index is 0.465. The zero-order chi connectivity index (χ0) is 16.9. The first-order valence-corrected chi connectivity index (χ1v) is 7.71. The fourth-order valence-electron chi connectivity index (χ4n) is 2.19. The van der Waals surface area contributed by atoms with Gasteiger partial charge in [0.1, 0.15) is 17.8 Å². The highest BCUT2D eigenvalue weighted by molar-refractivity contribution is 5.76. The summed E-state index contributed by atoms with van der Waals surface area (Å²) >= 11 is 0.